The third-order valence-corrected chi connectivity index (χ3v) is 2.71. The molecule has 2 rings (SSSR count). The second-order valence-electron chi connectivity index (χ2n) is 3.74. The van der Waals surface area contributed by atoms with Gasteiger partial charge in [-0.25, -0.2) is 0 Å². The third-order valence-electron chi connectivity index (χ3n) is 2.71. The van der Waals surface area contributed by atoms with Crippen molar-refractivity contribution in [2.75, 3.05) is 6.61 Å². The lowest BCUT2D eigenvalue weighted by atomic mass is 9.98. The molecular formula is C9H13NO2. The quantitative estimate of drug-likeness (QED) is 0.738. The van der Waals surface area contributed by atoms with Gasteiger partial charge in [0.1, 0.15) is 5.76 Å². The van der Waals surface area contributed by atoms with Gasteiger partial charge < -0.3 is 9.63 Å². The molecule has 66 valence electrons. The molecule has 1 aliphatic rings. The Morgan fingerprint density at radius 1 is 1.67 bits per heavy atom. The Labute approximate surface area is 71.4 Å². The molecule has 1 aliphatic carbocycles. The molecule has 0 bridgehead atoms. The summed E-state index contributed by atoms with van der Waals surface area (Å²) in [5.41, 5.74) is 1.30. The van der Waals surface area contributed by atoms with E-state index in [1.807, 2.05) is 6.92 Å². The van der Waals surface area contributed by atoms with Crippen LogP contribution in [0.3, 0.4) is 0 Å². The molecule has 1 fully saturated rings. The topological polar surface area (TPSA) is 46.3 Å². The number of aliphatic hydroxyl groups is 1. The molecular weight excluding hydrogens is 154 g/mol. The van der Waals surface area contributed by atoms with E-state index < -0.39 is 0 Å². The molecule has 0 aliphatic heterocycles. The molecule has 1 saturated carbocycles. The zero-order valence-corrected chi connectivity index (χ0v) is 7.21. The van der Waals surface area contributed by atoms with Crippen LogP contribution in [-0.4, -0.2) is 16.9 Å². The maximum atomic E-state index is 9.10. The van der Waals surface area contributed by atoms with E-state index in [1.165, 1.54) is 0 Å². The summed E-state index contributed by atoms with van der Waals surface area (Å²) in [6.45, 7) is 2.20. The number of hydrogen-bond donors (Lipinski definition) is 1. The average Bonchev–Trinajstić information content (AvgIpc) is 2.74. The van der Waals surface area contributed by atoms with Gasteiger partial charge in [0.15, 0.2) is 0 Å². The van der Waals surface area contributed by atoms with Crippen LogP contribution in [0.2, 0.25) is 0 Å². The molecule has 0 spiro atoms. The van der Waals surface area contributed by atoms with E-state index in [2.05, 4.69) is 5.16 Å². The molecule has 0 atom stereocenters. The summed E-state index contributed by atoms with van der Waals surface area (Å²) in [6, 6.07) is 0. The van der Waals surface area contributed by atoms with Crippen molar-refractivity contribution in [2.24, 2.45) is 5.41 Å². The first-order valence-corrected chi connectivity index (χ1v) is 4.27. The fourth-order valence-corrected chi connectivity index (χ4v) is 1.46. The van der Waals surface area contributed by atoms with Gasteiger partial charge in [0, 0.05) is 12.2 Å². The lowest BCUT2D eigenvalue weighted by Gasteiger charge is -2.08. The largest absolute Gasteiger partial charge is 0.396 e. The maximum absolute atomic E-state index is 9.10. The Morgan fingerprint density at radius 2 is 2.42 bits per heavy atom. The number of nitrogens with zero attached hydrogens (tertiary/aromatic N) is 1. The molecule has 0 unspecified atom stereocenters. The van der Waals surface area contributed by atoms with Gasteiger partial charge in [-0.1, -0.05) is 5.16 Å². The summed E-state index contributed by atoms with van der Waals surface area (Å²) in [7, 11) is 0. The normalized spacial score (nSPS) is 19.5. The highest BCUT2D eigenvalue weighted by atomic mass is 16.5. The zero-order chi connectivity index (χ0) is 8.60. The summed E-state index contributed by atoms with van der Waals surface area (Å²) in [5, 5.41) is 12.8. The van der Waals surface area contributed by atoms with Gasteiger partial charge >= 0.3 is 0 Å². The summed E-state index contributed by atoms with van der Waals surface area (Å²) >= 11 is 0. The smallest absolute Gasteiger partial charge is 0.136 e. The van der Waals surface area contributed by atoms with Crippen molar-refractivity contribution in [1.82, 2.24) is 5.16 Å². The molecule has 1 N–H and O–H groups in total. The first-order valence-electron chi connectivity index (χ1n) is 4.27. The van der Waals surface area contributed by atoms with Gasteiger partial charge in [-0.05, 0) is 31.6 Å². The highest BCUT2D eigenvalue weighted by Crippen LogP contribution is 2.48. The van der Waals surface area contributed by atoms with E-state index in [-0.39, 0.29) is 12.0 Å². The van der Waals surface area contributed by atoms with Crippen LogP contribution in [0, 0.1) is 12.3 Å². The van der Waals surface area contributed by atoms with Crippen molar-refractivity contribution < 1.29 is 9.63 Å². The summed E-state index contributed by atoms with van der Waals surface area (Å²) in [5.74, 6) is 0.884. The summed E-state index contributed by atoms with van der Waals surface area (Å²) in [4.78, 5) is 0. The van der Waals surface area contributed by atoms with Gasteiger partial charge in [0.25, 0.3) is 0 Å². The fraction of sp³-hybridized carbons (Fsp3) is 0.667. The van der Waals surface area contributed by atoms with Crippen molar-refractivity contribution in [3.63, 3.8) is 0 Å². The van der Waals surface area contributed by atoms with Crippen LogP contribution in [0.5, 0.6) is 0 Å². The van der Waals surface area contributed by atoms with E-state index >= 15 is 0 Å². The predicted octanol–water partition coefficient (Wildman–Crippen LogP) is 1.30. The second kappa shape index (κ2) is 2.59. The van der Waals surface area contributed by atoms with Crippen molar-refractivity contribution in [2.45, 2.75) is 26.2 Å². The molecule has 3 heteroatoms. The van der Waals surface area contributed by atoms with Gasteiger partial charge in [-0.2, -0.15) is 0 Å². The van der Waals surface area contributed by atoms with Gasteiger partial charge in [-0.15, -0.1) is 0 Å². The first kappa shape index (κ1) is 7.80. The van der Waals surface area contributed by atoms with E-state index in [9.17, 15) is 0 Å². The van der Waals surface area contributed by atoms with Crippen LogP contribution in [0.15, 0.2) is 10.7 Å². The van der Waals surface area contributed by atoms with E-state index in [4.69, 9.17) is 9.63 Å². The SMILES string of the molecule is Cc1oncc1CC1(CO)CC1. The van der Waals surface area contributed by atoms with E-state index in [0.717, 1.165) is 30.6 Å². The van der Waals surface area contributed by atoms with Crippen LogP contribution in [0.25, 0.3) is 0 Å². The van der Waals surface area contributed by atoms with Crippen LogP contribution in [0.1, 0.15) is 24.2 Å². The number of hydrogen-bond acceptors (Lipinski definition) is 3. The Balaban J connectivity index is 2.08. The number of rotatable bonds is 3. The van der Waals surface area contributed by atoms with Crippen LogP contribution in [0.4, 0.5) is 0 Å². The fourth-order valence-electron chi connectivity index (χ4n) is 1.46. The van der Waals surface area contributed by atoms with Crippen LogP contribution < -0.4 is 0 Å². The zero-order valence-electron chi connectivity index (χ0n) is 7.21. The standard InChI is InChI=1S/C9H13NO2/c1-7-8(5-10-12-7)4-9(6-11)2-3-9/h5,11H,2-4,6H2,1H3. The van der Waals surface area contributed by atoms with E-state index in [0.29, 0.717) is 0 Å². The molecule has 0 saturated heterocycles. The highest BCUT2D eigenvalue weighted by molar-refractivity contribution is 5.16. The monoisotopic (exact) mass is 167 g/mol. The number of aryl methyl sites for hydroxylation is 1. The minimum atomic E-state index is 0.163. The molecule has 1 heterocycles. The molecule has 1 aromatic rings. The lowest BCUT2D eigenvalue weighted by Crippen LogP contribution is -2.10. The predicted molar refractivity (Wildman–Crippen MR) is 43.7 cm³/mol. The summed E-state index contributed by atoms with van der Waals surface area (Å²) < 4.78 is 4.95. The van der Waals surface area contributed by atoms with Crippen LogP contribution in [-0.2, 0) is 6.42 Å². The minimum absolute atomic E-state index is 0.163. The van der Waals surface area contributed by atoms with Gasteiger partial charge in [0.05, 0.1) is 6.20 Å². The molecule has 0 amide bonds. The Kier molecular flexibility index (Phi) is 1.68. The summed E-state index contributed by atoms with van der Waals surface area (Å²) in [6.07, 6.45) is 4.94. The number of aliphatic hydroxyl groups excluding tert-OH is 1. The third kappa shape index (κ3) is 1.25. The molecule has 1 aromatic heterocycles. The minimum Gasteiger partial charge on any atom is -0.396 e. The molecule has 12 heavy (non-hydrogen) atoms. The van der Waals surface area contributed by atoms with Crippen LogP contribution >= 0.6 is 0 Å². The Morgan fingerprint density at radius 3 is 2.83 bits per heavy atom. The van der Waals surface area contributed by atoms with Gasteiger partial charge in [0.2, 0.25) is 0 Å². The lowest BCUT2D eigenvalue weighted by molar-refractivity contribution is 0.210. The molecule has 0 radical (unpaired) electrons. The second-order valence-corrected chi connectivity index (χ2v) is 3.74. The van der Waals surface area contributed by atoms with Crippen molar-refractivity contribution >= 4 is 0 Å². The van der Waals surface area contributed by atoms with Crippen molar-refractivity contribution in [3.8, 4) is 0 Å². The average molecular weight is 167 g/mol. The highest BCUT2D eigenvalue weighted by Gasteiger charge is 2.42. The van der Waals surface area contributed by atoms with Gasteiger partial charge in [-0.3, -0.25) is 0 Å². The van der Waals surface area contributed by atoms with Crippen molar-refractivity contribution in [1.29, 1.82) is 0 Å². The molecule has 3 nitrogen and oxygen atoms in total. The molecule has 0 aromatic carbocycles. The first-order chi connectivity index (χ1) is 5.76. The maximum Gasteiger partial charge on any atom is 0.136 e. The Hall–Kier alpha value is -0.830. The van der Waals surface area contributed by atoms with E-state index in [1.54, 1.807) is 6.20 Å². The van der Waals surface area contributed by atoms with Crippen molar-refractivity contribution in [3.05, 3.63) is 17.5 Å². The Bertz CT molecular complexity index is 276. The number of aromatic nitrogens is 1.